The second kappa shape index (κ2) is 5.81. The van der Waals surface area contributed by atoms with Gasteiger partial charge in [-0.05, 0) is 24.3 Å². The minimum atomic E-state index is -0.0554. The number of anilines is 1. The first-order chi connectivity index (χ1) is 7.65. The van der Waals surface area contributed by atoms with Crippen molar-refractivity contribution in [2.45, 2.75) is 6.92 Å². The van der Waals surface area contributed by atoms with E-state index in [2.05, 4.69) is 5.32 Å². The molecule has 2 rings (SSSR count). The van der Waals surface area contributed by atoms with Crippen LogP contribution in [0.1, 0.15) is 6.92 Å². The van der Waals surface area contributed by atoms with Crippen LogP contribution in [-0.4, -0.2) is 10.5 Å². The van der Waals surface area contributed by atoms with E-state index < -0.39 is 0 Å². The van der Waals surface area contributed by atoms with Gasteiger partial charge < -0.3 is 29.3 Å². The molecule has 17 heavy (non-hydrogen) atoms. The van der Waals surface area contributed by atoms with E-state index in [-0.39, 0.29) is 29.9 Å². The van der Waals surface area contributed by atoms with Gasteiger partial charge in [0.05, 0.1) is 7.05 Å². The highest BCUT2D eigenvalue weighted by Gasteiger charge is 2.03. The fraction of sp³-hybridized carbons (Fsp3) is 0.167. The lowest BCUT2D eigenvalue weighted by molar-refractivity contribution is -0.670. The second-order valence-electron chi connectivity index (χ2n) is 3.71. The van der Waals surface area contributed by atoms with Gasteiger partial charge in [0.25, 0.3) is 0 Å². The molecule has 0 aliphatic rings. The third-order valence-electron chi connectivity index (χ3n) is 2.25. The minimum Gasteiger partial charge on any atom is -1.00 e. The Hall–Kier alpha value is -1.37. The van der Waals surface area contributed by atoms with Crippen LogP contribution in [0.2, 0.25) is 0 Å². The molecule has 0 saturated heterocycles. The molecule has 0 bridgehead atoms. The van der Waals surface area contributed by atoms with Crippen LogP contribution in [0, 0.1) is 0 Å². The smallest absolute Gasteiger partial charge is 0.248 e. The molecule has 0 radical (unpaired) electrons. The highest BCUT2D eigenvalue weighted by molar-refractivity contribution is 5.88. The number of aryl methyl sites for hydroxylation is 1. The monoisotopic (exact) mass is 343 g/mol. The number of amides is 1. The molecule has 0 atom stereocenters. The Morgan fingerprint density at radius 1 is 1.29 bits per heavy atom. The Labute approximate surface area is 117 Å². The molecule has 4 nitrogen and oxygen atoms in total. The summed E-state index contributed by atoms with van der Waals surface area (Å²) in [5.74, 6) is -0.0554. The molecule has 0 unspecified atom stereocenters. The summed E-state index contributed by atoms with van der Waals surface area (Å²) in [5, 5.41) is 2.74. The molecule has 0 aliphatic heterocycles. The van der Waals surface area contributed by atoms with Crippen molar-refractivity contribution >= 4 is 11.6 Å². The van der Waals surface area contributed by atoms with Crippen molar-refractivity contribution in [2.75, 3.05) is 5.32 Å². The van der Waals surface area contributed by atoms with Crippen LogP contribution >= 0.6 is 0 Å². The highest BCUT2D eigenvalue weighted by atomic mass is 127. The molecule has 0 saturated carbocycles. The van der Waals surface area contributed by atoms with Crippen LogP contribution in [0.5, 0.6) is 0 Å². The van der Waals surface area contributed by atoms with Crippen molar-refractivity contribution in [3.63, 3.8) is 0 Å². The molecule has 90 valence electrons. The van der Waals surface area contributed by atoms with Crippen LogP contribution in [0.25, 0.3) is 5.69 Å². The number of benzene rings is 1. The van der Waals surface area contributed by atoms with E-state index >= 15 is 0 Å². The minimum absolute atomic E-state index is 0. The number of imidazole rings is 1. The molecule has 1 N–H and O–H groups in total. The van der Waals surface area contributed by atoms with E-state index in [4.69, 9.17) is 0 Å². The van der Waals surface area contributed by atoms with E-state index in [9.17, 15) is 4.79 Å². The standard InChI is InChI=1S/C12H13N3O.HI/c1-10(16)13-11-3-5-12(6-4-11)15-8-7-14(2)9-15;/h3-9H,1-2H3;1H. The number of nitrogens with one attached hydrogen (secondary N) is 1. The summed E-state index contributed by atoms with van der Waals surface area (Å²) in [7, 11) is 1.97. The third kappa shape index (κ3) is 3.55. The largest absolute Gasteiger partial charge is 1.00 e. The van der Waals surface area contributed by atoms with Gasteiger partial charge in [-0.2, -0.15) is 0 Å². The molecule has 1 aromatic carbocycles. The molecule has 2 aromatic rings. The number of hydrogen-bond acceptors (Lipinski definition) is 1. The van der Waals surface area contributed by atoms with E-state index in [0.29, 0.717) is 0 Å². The lowest BCUT2D eigenvalue weighted by Gasteiger charge is -2.01. The van der Waals surface area contributed by atoms with Crippen LogP contribution in [0.15, 0.2) is 43.0 Å². The summed E-state index contributed by atoms with van der Waals surface area (Å²) in [6, 6.07) is 7.70. The van der Waals surface area contributed by atoms with E-state index in [1.807, 2.05) is 59.2 Å². The summed E-state index contributed by atoms with van der Waals surface area (Å²) in [5.41, 5.74) is 1.88. The number of rotatable bonds is 2. The van der Waals surface area contributed by atoms with Crippen molar-refractivity contribution in [3.8, 4) is 5.69 Å². The predicted molar refractivity (Wildman–Crippen MR) is 61.2 cm³/mol. The summed E-state index contributed by atoms with van der Waals surface area (Å²) >= 11 is 0. The van der Waals surface area contributed by atoms with Crippen molar-refractivity contribution in [1.82, 2.24) is 4.57 Å². The quantitative estimate of drug-likeness (QED) is 0.511. The average molecular weight is 343 g/mol. The Morgan fingerprint density at radius 2 is 1.94 bits per heavy atom. The Balaban J connectivity index is 0.00000144. The normalized spacial score (nSPS) is 9.53. The van der Waals surface area contributed by atoms with Gasteiger partial charge in [-0.1, -0.05) is 0 Å². The molecule has 1 heterocycles. The van der Waals surface area contributed by atoms with Gasteiger partial charge in [-0.15, -0.1) is 0 Å². The van der Waals surface area contributed by atoms with Gasteiger partial charge in [0.2, 0.25) is 12.2 Å². The maximum atomic E-state index is 10.9. The van der Waals surface area contributed by atoms with Gasteiger partial charge in [0, 0.05) is 12.6 Å². The number of carbonyl (C=O) groups excluding carboxylic acids is 1. The first-order valence-corrected chi connectivity index (χ1v) is 5.06. The van der Waals surface area contributed by atoms with Gasteiger partial charge in [-0.3, -0.25) is 4.79 Å². The Kier molecular flexibility index (Phi) is 4.68. The summed E-state index contributed by atoms with van der Waals surface area (Å²) in [4.78, 5) is 10.9. The maximum absolute atomic E-state index is 10.9. The SMILES string of the molecule is CC(=O)Nc1ccc(-n2cc[n+](C)c2)cc1.[I-]. The molecule has 0 spiro atoms. The van der Waals surface area contributed by atoms with Crippen LogP contribution in [-0.2, 0) is 11.8 Å². The highest BCUT2D eigenvalue weighted by Crippen LogP contribution is 2.12. The van der Waals surface area contributed by atoms with Gasteiger partial charge in [-0.25, -0.2) is 9.13 Å². The first kappa shape index (κ1) is 13.7. The van der Waals surface area contributed by atoms with E-state index in [0.717, 1.165) is 11.4 Å². The van der Waals surface area contributed by atoms with Crippen molar-refractivity contribution in [3.05, 3.63) is 43.0 Å². The van der Waals surface area contributed by atoms with Crippen molar-refractivity contribution in [1.29, 1.82) is 0 Å². The lowest BCUT2D eigenvalue weighted by Crippen LogP contribution is -3.00. The average Bonchev–Trinajstić information content (AvgIpc) is 2.65. The third-order valence-corrected chi connectivity index (χ3v) is 2.25. The first-order valence-electron chi connectivity index (χ1n) is 5.06. The summed E-state index contributed by atoms with van der Waals surface area (Å²) < 4.78 is 3.99. The fourth-order valence-electron chi connectivity index (χ4n) is 1.52. The van der Waals surface area contributed by atoms with Gasteiger partial charge >= 0.3 is 0 Å². The number of aromatic nitrogens is 2. The van der Waals surface area contributed by atoms with Crippen LogP contribution < -0.4 is 33.9 Å². The predicted octanol–water partition coefficient (Wildman–Crippen LogP) is -1.74. The molecular weight excluding hydrogens is 329 g/mol. The van der Waals surface area contributed by atoms with Gasteiger partial charge in [0.1, 0.15) is 18.1 Å². The lowest BCUT2D eigenvalue weighted by atomic mass is 10.3. The van der Waals surface area contributed by atoms with Crippen molar-refractivity contribution in [2.24, 2.45) is 7.05 Å². The number of nitrogens with zero attached hydrogens (tertiary/aromatic N) is 2. The zero-order valence-electron chi connectivity index (χ0n) is 9.72. The number of hydrogen-bond donors (Lipinski definition) is 1. The fourth-order valence-corrected chi connectivity index (χ4v) is 1.52. The van der Waals surface area contributed by atoms with Crippen LogP contribution in [0.3, 0.4) is 0 Å². The summed E-state index contributed by atoms with van der Waals surface area (Å²) in [6.07, 6.45) is 5.93. The van der Waals surface area contributed by atoms with E-state index in [1.165, 1.54) is 6.92 Å². The second-order valence-corrected chi connectivity index (χ2v) is 3.71. The number of halogens is 1. The van der Waals surface area contributed by atoms with Gasteiger partial charge in [0.15, 0.2) is 0 Å². The molecule has 1 amide bonds. The maximum Gasteiger partial charge on any atom is 0.248 e. The molecule has 5 heteroatoms. The Bertz CT molecular complexity index is 505. The molecular formula is C12H14IN3O. The summed E-state index contributed by atoms with van der Waals surface area (Å²) in [6.45, 7) is 1.50. The Morgan fingerprint density at radius 3 is 2.41 bits per heavy atom. The topological polar surface area (TPSA) is 37.9 Å². The number of carbonyl (C=O) groups is 1. The molecule has 0 fully saturated rings. The van der Waals surface area contributed by atoms with Crippen molar-refractivity contribution < 1.29 is 33.3 Å². The molecule has 0 aliphatic carbocycles. The zero-order chi connectivity index (χ0) is 11.5. The van der Waals surface area contributed by atoms with Crippen LogP contribution in [0.4, 0.5) is 5.69 Å². The van der Waals surface area contributed by atoms with E-state index in [1.54, 1.807) is 0 Å². The zero-order valence-corrected chi connectivity index (χ0v) is 11.9. The molecule has 1 aromatic heterocycles.